The fourth-order valence-corrected chi connectivity index (χ4v) is 3.30. The van der Waals surface area contributed by atoms with Gasteiger partial charge in [0.25, 0.3) is 0 Å². The molecule has 0 atom stereocenters. The molecule has 0 fully saturated rings. The van der Waals surface area contributed by atoms with Crippen LogP contribution < -0.4 is 0 Å². The average molecular weight is 391 g/mol. The topological polar surface area (TPSA) is 30.2 Å². The lowest BCUT2D eigenvalue weighted by Gasteiger charge is -2.08. The van der Waals surface area contributed by atoms with Crippen molar-refractivity contribution in [3.63, 3.8) is 0 Å². The first-order valence-electron chi connectivity index (χ1n) is 8.05. The summed E-state index contributed by atoms with van der Waals surface area (Å²) < 4.78 is 6.64. The van der Waals surface area contributed by atoms with Crippen molar-refractivity contribution >= 4 is 32.7 Å². The molecule has 0 unspecified atom stereocenters. The first-order valence-corrected chi connectivity index (χ1v) is 8.85. The number of para-hydroxylation sites is 1. The minimum absolute atomic E-state index is 0.104. The van der Waals surface area contributed by atoms with Crippen LogP contribution in [-0.4, -0.2) is 5.78 Å². The second kappa shape index (κ2) is 6.69. The number of hydrogen-bond donors (Lipinski definition) is 0. The highest BCUT2D eigenvalue weighted by molar-refractivity contribution is 9.10. The van der Waals surface area contributed by atoms with Crippen LogP contribution in [0.3, 0.4) is 0 Å². The lowest BCUT2D eigenvalue weighted by Crippen LogP contribution is -2.04. The molecular weight excluding hydrogens is 376 g/mol. The third-order valence-corrected chi connectivity index (χ3v) is 4.83. The van der Waals surface area contributed by atoms with Crippen molar-refractivity contribution in [1.29, 1.82) is 0 Å². The van der Waals surface area contributed by atoms with Crippen LogP contribution in [0.1, 0.15) is 15.9 Å². The van der Waals surface area contributed by atoms with Gasteiger partial charge < -0.3 is 4.42 Å². The van der Waals surface area contributed by atoms with Gasteiger partial charge in [-0.1, -0.05) is 70.5 Å². The molecule has 0 bridgehead atoms. The van der Waals surface area contributed by atoms with Crippen molar-refractivity contribution < 1.29 is 9.21 Å². The van der Waals surface area contributed by atoms with Gasteiger partial charge in [-0.3, -0.25) is 4.79 Å². The number of Topliss-reactive ketones (excluding diaryl/α,β-unsaturated/α-hetero) is 1. The molecule has 0 saturated heterocycles. The quantitative estimate of drug-likeness (QED) is 0.383. The number of benzene rings is 3. The Labute approximate surface area is 154 Å². The second-order valence-corrected chi connectivity index (χ2v) is 6.83. The molecule has 122 valence electrons. The number of carbonyl (C=O) groups excluding carboxylic acids is 1. The van der Waals surface area contributed by atoms with Crippen molar-refractivity contribution in [3.8, 4) is 11.1 Å². The normalized spacial score (nSPS) is 10.9. The van der Waals surface area contributed by atoms with E-state index in [0.29, 0.717) is 6.42 Å². The summed E-state index contributed by atoms with van der Waals surface area (Å²) >= 11 is 3.40. The summed E-state index contributed by atoms with van der Waals surface area (Å²) in [6.07, 6.45) is 2.13. The molecule has 0 saturated carbocycles. The molecule has 1 aromatic heterocycles. The number of rotatable bonds is 4. The van der Waals surface area contributed by atoms with Gasteiger partial charge in [0.1, 0.15) is 5.58 Å². The maximum absolute atomic E-state index is 12.7. The molecule has 1 heterocycles. The highest BCUT2D eigenvalue weighted by Crippen LogP contribution is 2.33. The molecule has 0 aliphatic rings. The minimum Gasteiger partial charge on any atom is -0.464 e. The molecule has 0 spiro atoms. The Balaban J connectivity index is 1.72. The van der Waals surface area contributed by atoms with Gasteiger partial charge in [-0.05, 0) is 29.3 Å². The van der Waals surface area contributed by atoms with E-state index in [4.69, 9.17) is 4.42 Å². The fraction of sp³-hybridized carbons (Fsp3) is 0.0455. The first kappa shape index (κ1) is 15.9. The molecule has 4 aromatic rings. The monoisotopic (exact) mass is 390 g/mol. The summed E-state index contributed by atoms with van der Waals surface area (Å²) in [5.41, 5.74) is 4.64. The molecule has 3 aromatic carbocycles. The lowest BCUT2D eigenvalue weighted by atomic mass is 9.94. The van der Waals surface area contributed by atoms with E-state index in [1.54, 1.807) is 6.26 Å². The van der Waals surface area contributed by atoms with Gasteiger partial charge in [0.05, 0.1) is 6.26 Å². The summed E-state index contributed by atoms with van der Waals surface area (Å²) in [5, 5.41) is 1.06. The predicted octanol–water partition coefficient (Wildman–Crippen LogP) is 6.29. The van der Waals surface area contributed by atoms with Crippen LogP contribution in [0.4, 0.5) is 0 Å². The van der Waals surface area contributed by atoms with Crippen molar-refractivity contribution in [2.24, 2.45) is 0 Å². The molecule has 0 radical (unpaired) electrons. The molecule has 4 rings (SSSR count). The highest BCUT2D eigenvalue weighted by Gasteiger charge is 2.14. The number of hydrogen-bond acceptors (Lipinski definition) is 2. The molecule has 0 aliphatic carbocycles. The van der Waals surface area contributed by atoms with Crippen molar-refractivity contribution in [2.45, 2.75) is 6.42 Å². The van der Waals surface area contributed by atoms with Gasteiger partial charge in [0.15, 0.2) is 5.78 Å². The zero-order valence-corrected chi connectivity index (χ0v) is 15.0. The molecule has 0 amide bonds. The largest absolute Gasteiger partial charge is 0.464 e. The Kier molecular flexibility index (Phi) is 4.24. The number of furan rings is 1. The van der Waals surface area contributed by atoms with Gasteiger partial charge >= 0.3 is 0 Å². The lowest BCUT2D eigenvalue weighted by molar-refractivity contribution is 0.0993. The van der Waals surface area contributed by atoms with Gasteiger partial charge in [-0.15, -0.1) is 0 Å². The molecule has 0 N–H and O–H groups in total. The Morgan fingerprint density at radius 3 is 2.40 bits per heavy atom. The highest BCUT2D eigenvalue weighted by atomic mass is 79.9. The van der Waals surface area contributed by atoms with Crippen LogP contribution in [0.2, 0.25) is 0 Å². The zero-order valence-electron chi connectivity index (χ0n) is 13.4. The van der Waals surface area contributed by atoms with Crippen LogP contribution in [0.15, 0.2) is 87.9 Å². The SMILES string of the molecule is O=C(Cc1ccccc1-c1coc2ccccc12)c1ccc(Br)cc1. The van der Waals surface area contributed by atoms with Gasteiger partial charge in [0.2, 0.25) is 0 Å². The molecular formula is C22H15BrO2. The van der Waals surface area contributed by atoms with Crippen LogP contribution in [-0.2, 0) is 6.42 Å². The summed E-state index contributed by atoms with van der Waals surface area (Å²) in [5.74, 6) is 0.104. The van der Waals surface area contributed by atoms with Crippen molar-refractivity contribution in [2.75, 3.05) is 0 Å². The summed E-state index contributed by atoms with van der Waals surface area (Å²) in [7, 11) is 0. The maximum atomic E-state index is 12.7. The molecule has 2 nitrogen and oxygen atoms in total. The minimum atomic E-state index is 0.104. The van der Waals surface area contributed by atoms with Crippen LogP contribution in [0.25, 0.3) is 22.1 Å². The second-order valence-electron chi connectivity index (χ2n) is 5.91. The van der Waals surface area contributed by atoms with Crippen molar-refractivity contribution in [3.05, 3.63) is 94.7 Å². The third kappa shape index (κ3) is 3.15. The Bertz CT molecular complexity index is 1050. The van der Waals surface area contributed by atoms with Crippen molar-refractivity contribution in [1.82, 2.24) is 0 Å². The molecule has 25 heavy (non-hydrogen) atoms. The first-order chi connectivity index (χ1) is 12.2. The van der Waals surface area contributed by atoms with Gasteiger partial charge in [-0.25, -0.2) is 0 Å². The smallest absolute Gasteiger partial charge is 0.167 e. The standard InChI is InChI=1S/C22H15BrO2/c23-17-11-9-15(10-12-17)21(24)13-16-5-1-2-6-18(16)20-14-25-22-8-4-3-7-19(20)22/h1-12,14H,13H2. The summed E-state index contributed by atoms with van der Waals surface area (Å²) in [4.78, 5) is 12.7. The summed E-state index contributed by atoms with van der Waals surface area (Å²) in [6.45, 7) is 0. The zero-order chi connectivity index (χ0) is 17.2. The fourth-order valence-electron chi connectivity index (χ4n) is 3.03. The number of carbonyl (C=O) groups is 1. The summed E-state index contributed by atoms with van der Waals surface area (Å²) in [6, 6.07) is 23.4. The van der Waals surface area contributed by atoms with E-state index < -0.39 is 0 Å². The average Bonchev–Trinajstić information content (AvgIpc) is 3.07. The van der Waals surface area contributed by atoms with E-state index in [-0.39, 0.29) is 5.78 Å². The number of fused-ring (bicyclic) bond motifs is 1. The van der Waals surface area contributed by atoms with Crippen LogP contribution in [0.5, 0.6) is 0 Å². The number of halogens is 1. The van der Waals surface area contributed by atoms with E-state index in [0.717, 1.165) is 37.7 Å². The van der Waals surface area contributed by atoms with E-state index in [9.17, 15) is 4.79 Å². The van der Waals surface area contributed by atoms with E-state index >= 15 is 0 Å². The van der Waals surface area contributed by atoms with Gasteiger partial charge in [-0.2, -0.15) is 0 Å². The van der Waals surface area contributed by atoms with Gasteiger partial charge in [0, 0.05) is 27.4 Å². The predicted molar refractivity (Wildman–Crippen MR) is 104 cm³/mol. The molecule has 3 heteroatoms. The number of ketones is 1. The Morgan fingerprint density at radius 1 is 0.840 bits per heavy atom. The van der Waals surface area contributed by atoms with E-state index in [1.165, 1.54) is 0 Å². The Hall–Kier alpha value is -2.65. The van der Waals surface area contributed by atoms with E-state index in [1.807, 2.05) is 72.8 Å². The van der Waals surface area contributed by atoms with E-state index in [2.05, 4.69) is 15.9 Å². The van der Waals surface area contributed by atoms with Crippen LogP contribution in [0, 0.1) is 0 Å². The Morgan fingerprint density at radius 2 is 1.56 bits per heavy atom. The third-order valence-electron chi connectivity index (χ3n) is 4.31. The maximum Gasteiger partial charge on any atom is 0.167 e. The van der Waals surface area contributed by atoms with Crippen LogP contribution >= 0.6 is 15.9 Å². The molecule has 0 aliphatic heterocycles.